The fourth-order valence-electron chi connectivity index (χ4n) is 5.20. The van der Waals surface area contributed by atoms with Crippen molar-refractivity contribution in [1.29, 1.82) is 0 Å². The summed E-state index contributed by atoms with van der Waals surface area (Å²) in [5, 5.41) is 14.6. The predicted octanol–water partition coefficient (Wildman–Crippen LogP) is 6.12. The van der Waals surface area contributed by atoms with Gasteiger partial charge in [0.15, 0.2) is 0 Å². The van der Waals surface area contributed by atoms with Crippen LogP contribution in [0.4, 0.5) is 16.2 Å². The lowest BCUT2D eigenvalue weighted by atomic mass is 9.98. The molecule has 0 aliphatic heterocycles. The highest BCUT2D eigenvalue weighted by Gasteiger charge is 2.21. The molecule has 0 fully saturated rings. The van der Waals surface area contributed by atoms with Crippen molar-refractivity contribution < 1.29 is 14.2 Å². The number of hydrogen-bond donors (Lipinski definition) is 3. The van der Waals surface area contributed by atoms with Crippen LogP contribution in [0, 0.1) is 5.82 Å². The average molecular weight is 575 g/mol. The Hall–Kier alpha value is -5.77. The van der Waals surface area contributed by atoms with E-state index in [0.29, 0.717) is 39.6 Å². The molecular formula is C33H27FN6O3. The first-order chi connectivity index (χ1) is 20.8. The lowest BCUT2D eigenvalue weighted by molar-refractivity contribution is 0.398. The molecule has 1 unspecified atom stereocenters. The number of nitrogen functional groups attached to an aromatic ring is 1. The maximum absolute atomic E-state index is 14.4. The van der Waals surface area contributed by atoms with E-state index in [2.05, 4.69) is 20.3 Å². The number of benzene rings is 3. The molecule has 43 heavy (non-hydrogen) atoms. The van der Waals surface area contributed by atoms with Gasteiger partial charge in [-0.15, -0.1) is 0 Å². The first-order valence-corrected chi connectivity index (χ1v) is 13.5. The highest BCUT2D eigenvalue weighted by molar-refractivity contribution is 5.96. The molecule has 0 amide bonds. The topological polar surface area (TPSA) is 128 Å². The van der Waals surface area contributed by atoms with Crippen LogP contribution in [0.5, 0.6) is 11.6 Å². The standard InChI is InChI=1S/C33H27FN6O3/c1-19(38-31-27(18-37-33(35)39-31)22-13-23(34)17-25(41)14-22)28-15-21-7-6-10-26(20-11-12-36-29(16-20)43-2)30(21)32(42)40(28)24-8-4-3-5-9-24/h3-19,41H,1-2H3,(H3,35,37,38,39). The van der Waals surface area contributed by atoms with Gasteiger partial charge in [-0.2, -0.15) is 4.98 Å². The Bertz CT molecular complexity index is 2010. The van der Waals surface area contributed by atoms with Crippen LogP contribution in [0.15, 0.2) is 102 Å². The number of phenolic OH excluding ortho intramolecular Hbond substituents is 1. The summed E-state index contributed by atoms with van der Waals surface area (Å²) in [5.74, 6) is -0.0779. The number of nitrogens with zero attached hydrogens (tertiary/aromatic N) is 4. The molecule has 1 atom stereocenters. The maximum atomic E-state index is 14.4. The summed E-state index contributed by atoms with van der Waals surface area (Å²) in [7, 11) is 1.55. The van der Waals surface area contributed by atoms with E-state index in [-0.39, 0.29) is 17.3 Å². The van der Waals surface area contributed by atoms with Crippen molar-refractivity contribution in [3.05, 3.63) is 119 Å². The Kier molecular flexibility index (Phi) is 7.17. The van der Waals surface area contributed by atoms with Crippen LogP contribution < -0.4 is 21.3 Å². The smallest absolute Gasteiger partial charge is 0.263 e. The number of halogens is 1. The van der Waals surface area contributed by atoms with E-state index in [1.54, 1.807) is 23.9 Å². The molecule has 6 aromatic rings. The second kappa shape index (κ2) is 11.2. The molecule has 0 aliphatic carbocycles. The Morgan fingerprint density at radius 1 is 0.953 bits per heavy atom. The minimum Gasteiger partial charge on any atom is -0.508 e. The normalized spacial score (nSPS) is 11.8. The summed E-state index contributed by atoms with van der Waals surface area (Å²) in [4.78, 5) is 27.1. The average Bonchev–Trinajstić information content (AvgIpc) is 3.00. The zero-order valence-electron chi connectivity index (χ0n) is 23.3. The number of hydrogen-bond acceptors (Lipinski definition) is 8. The van der Waals surface area contributed by atoms with E-state index < -0.39 is 11.9 Å². The number of phenols is 1. The second-order valence-corrected chi connectivity index (χ2v) is 9.96. The Morgan fingerprint density at radius 2 is 1.77 bits per heavy atom. The van der Waals surface area contributed by atoms with E-state index in [9.17, 15) is 14.3 Å². The van der Waals surface area contributed by atoms with Gasteiger partial charge in [0, 0.05) is 41.5 Å². The zero-order chi connectivity index (χ0) is 30.1. The molecule has 10 heteroatoms. The van der Waals surface area contributed by atoms with Crippen LogP contribution in [-0.2, 0) is 0 Å². The third-order valence-electron chi connectivity index (χ3n) is 7.14. The Labute approximate surface area is 246 Å². The molecule has 0 aliphatic rings. The highest BCUT2D eigenvalue weighted by Crippen LogP contribution is 2.34. The van der Waals surface area contributed by atoms with E-state index in [1.807, 2.05) is 67.6 Å². The molecule has 0 saturated carbocycles. The summed E-state index contributed by atoms with van der Waals surface area (Å²) < 4.78 is 21.2. The number of aromatic nitrogens is 4. The number of fused-ring (bicyclic) bond motifs is 1. The SMILES string of the molecule is COc1cc(-c2cccc3cc(C(C)Nc4nc(N)ncc4-c4cc(O)cc(F)c4)n(-c4ccccc4)c(=O)c23)ccn1. The monoisotopic (exact) mass is 574 g/mol. The van der Waals surface area contributed by atoms with Crippen molar-refractivity contribution in [3.8, 4) is 39.6 Å². The van der Waals surface area contributed by atoms with Crippen molar-refractivity contribution in [2.24, 2.45) is 0 Å². The van der Waals surface area contributed by atoms with Gasteiger partial charge in [0.1, 0.15) is 17.4 Å². The number of anilines is 2. The summed E-state index contributed by atoms with van der Waals surface area (Å²) in [6.45, 7) is 1.89. The molecule has 3 aromatic heterocycles. The lowest BCUT2D eigenvalue weighted by Gasteiger charge is -2.23. The third kappa shape index (κ3) is 5.33. The van der Waals surface area contributed by atoms with Gasteiger partial charge < -0.3 is 20.9 Å². The van der Waals surface area contributed by atoms with Gasteiger partial charge >= 0.3 is 0 Å². The Balaban J connectivity index is 1.53. The number of methoxy groups -OCH3 is 1. The third-order valence-corrected chi connectivity index (χ3v) is 7.14. The minimum absolute atomic E-state index is 0.00968. The van der Waals surface area contributed by atoms with Crippen LogP contribution in [0.1, 0.15) is 18.7 Å². The van der Waals surface area contributed by atoms with E-state index >= 15 is 0 Å². The molecule has 6 rings (SSSR count). The van der Waals surface area contributed by atoms with Gasteiger partial charge in [0.2, 0.25) is 11.8 Å². The number of aromatic hydroxyl groups is 1. The van der Waals surface area contributed by atoms with Crippen molar-refractivity contribution >= 4 is 22.5 Å². The van der Waals surface area contributed by atoms with Gasteiger partial charge in [-0.25, -0.2) is 14.4 Å². The van der Waals surface area contributed by atoms with Gasteiger partial charge in [-0.1, -0.05) is 36.4 Å². The quantitative estimate of drug-likeness (QED) is 0.208. The largest absolute Gasteiger partial charge is 0.508 e. The van der Waals surface area contributed by atoms with Gasteiger partial charge in [-0.3, -0.25) is 9.36 Å². The minimum atomic E-state index is -0.610. The molecule has 0 radical (unpaired) electrons. The number of ether oxygens (including phenoxy) is 1. The van der Waals surface area contributed by atoms with E-state index in [4.69, 9.17) is 10.5 Å². The van der Waals surface area contributed by atoms with Crippen molar-refractivity contribution in [2.75, 3.05) is 18.2 Å². The van der Waals surface area contributed by atoms with Crippen molar-refractivity contribution in [1.82, 2.24) is 19.5 Å². The van der Waals surface area contributed by atoms with Crippen LogP contribution in [0.2, 0.25) is 0 Å². The second-order valence-electron chi connectivity index (χ2n) is 9.96. The fourth-order valence-corrected chi connectivity index (χ4v) is 5.20. The molecule has 214 valence electrons. The molecule has 3 aromatic carbocycles. The fraction of sp³-hybridized carbons (Fsp3) is 0.0909. The molecule has 0 bridgehead atoms. The summed E-state index contributed by atoms with van der Waals surface area (Å²) >= 11 is 0. The molecule has 9 nitrogen and oxygen atoms in total. The first kappa shape index (κ1) is 27.4. The number of nitrogens with two attached hydrogens (primary N) is 1. The molecule has 3 heterocycles. The lowest BCUT2D eigenvalue weighted by Crippen LogP contribution is -2.26. The van der Waals surface area contributed by atoms with Crippen LogP contribution in [-0.4, -0.2) is 31.7 Å². The summed E-state index contributed by atoms with van der Waals surface area (Å²) in [6.07, 6.45) is 3.11. The van der Waals surface area contributed by atoms with E-state index in [0.717, 1.165) is 22.6 Å². The van der Waals surface area contributed by atoms with Crippen LogP contribution in [0.3, 0.4) is 0 Å². The number of nitrogens with one attached hydrogen (secondary N) is 1. The van der Waals surface area contributed by atoms with Gasteiger partial charge in [0.25, 0.3) is 5.56 Å². The molecule has 4 N–H and O–H groups in total. The highest BCUT2D eigenvalue weighted by atomic mass is 19.1. The number of para-hydroxylation sites is 1. The van der Waals surface area contributed by atoms with Gasteiger partial charge in [-0.05, 0) is 65.4 Å². The molecule has 0 spiro atoms. The Morgan fingerprint density at radius 3 is 2.53 bits per heavy atom. The molecule has 0 saturated heterocycles. The van der Waals surface area contributed by atoms with Crippen LogP contribution in [0.25, 0.3) is 38.7 Å². The number of rotatable bonds is 7. The maximum Gasteiger partial charge on any atom is 0.263 e. The van der Waals surface area contributed by atoms with Crippen molar-refractivity contribution in [3.63, 3.8) is 0 Å². The summed E-state index contributed by atoms with van der Waals surface area (Å²) in [6, 6.07) is 23.9. The predicted molar refractivity (Wildman–Crippen MR) is 165 cm³/mol. The molecular weight excluding hydrogens is 547 g/mol. The van der Waals surface area contributed by atoms with Gasteiger partial charge in [0.05, 0.1) is 18.5 Å². The van der Waals surface area contributed by atoms with Crippen molar-refractivity contribution in [2.45, 2.75) is 13.0 Å². The number of pyridine rings is 2. The van der Waals surface area contributed by atoms with E-state index in [1.165, 1.54) is 18.3 Å². The first-order valence-electron chi connectivity index (χ1n) is 13.5. The summed E-state index contributed by atoms with van der Waals surface area (Å²) in [5.41, 5.74) is 9.40. The zero-order valence-corrected chi connectivity index (χ0v) is 23.3. The van der Waals surface area contributed by atoms with Crippen LogP contribution >= 0.6 is 0 Å².